The van der Waals surface area contributed by atoms with E-state index in [1.54, 1.807) is 0 Å². The maximum atomic E-state index is 11.9. The van der Waals surface area contributed by atoms with Crippen LogP contribution in [-0.4, -0.2) is 22.2 Å². The van der Waals surface area contributed by atoms with E-state index in [0.29, 0.717) is 11.7 Å². The van der Waals surface area contributed by atoms with Gasteiger partial charge in [0.2, 0.25) is 5.24 Å². The fourth-order valence-corrected chi connectivity index (χ4v) is 5.46. The molecule has 3 nitrogen and oxygen atoms in total. The highest BCUT2D eigenvalue weighted by Crippen LogP contribution is 2.23. The molecule has 0 spiro atoms. The number of carbonyl (C=O) groups excluding carboxylic acids is 2. The second-order valence-electron chi connectivity index (χ2n) is 12.5. The lowest BCUT2D eigenvalue weighted by molar-refractivity contribution is -0.122. The van der Waals surface area contributed by atoms with Gasteiger partial charge in [0.1, 0.15) is 5.78 Å². The van der Waals surface area contributed by atoms with Crippen molar-refractivity contribution in [2.24, 2.45) is 11.8 Å². The van der Waals surface area contributed by atoms with Gasteiger partial charge in [0.05, 0.1) is 6.10 Å². The Kier molecular flexibility index (Phi) is 39.3. The van der Waals surface area contributed by atoms with E-state index < -0.39 is 0 Å². The molecule has 0 aliphatic heterocycles. The first-order valence-electron chi connectivity index (χ1n) is 17.7. The van der Waals surface area contributed by atoms with E-state index in [0.717, 1.165) is 44.9 Å². The minimum atomic E-state index is -0.107. The first kappa shape index (κ1) is 45.0. The van der Waals surface area contributed by atoms with Gasteiger partial charge in [-0.1, -0.05) is 164 Å². The number of hydrogen-bond donors (Lipinski definition) is 1. The molecule has 2 unspecified atom stereocenters. The van der Waals surface area contributed by atoms with Gasteiger partial charge in [0.15, 0.2) is 0 Å². The highest BCUT2D eigenvalue weighted by molar-refractivity contribution is 6.63. The molecule has 1 aliphatic carbocycles. The molecule has 4 heteroatoms. The van der Waals surface area contributed by atoms with Crippen LogP contribution in [0.1, 0.15) is 209 Å². The summed E-state index contributed by atoms with van der Waals surface area (Å²) < 4.78 is 0. The van der Waals surface area contributed by atoms with Gasteiger partial charge < -0.3 is 5.11 Å². The van der Waals surface area contributed by atoms with E-state index in [1.807, 2.05) is 6.92 Å². The Bertz CT molecular complexity index is 522. The van der Waals surface area contributed by atoms with Crippen LogP contribution in [0.25, 0.3) is 0 Å². The van der Waals surface area contributed by atoms with E-state index in [-0.39, 0.29) is 24.7 Å². The number of rotatable bonds is 18. The third-order valence-electron chi connectivity index (χ3n) is 8.22. The molecule has 41 heavy (non-hydrogen) atoms. The quantitative estimate of drug-likeness (QED) is 0.125. The van der Waals surface area contributed by atoms with E-state index in [2.05, 4.69) is 27.7 Å². The zero-order valence-electron chi connectivity index (χ0n) is 27.8. The minimum Gasteiger partial charge on any atom is -0.393 e. The van der Waals surface area contributed by atoms with Crippen LogP contribution in [-0.2, 0) is 9.59 Å². The first-order valence-corrected chi connectivity index (χ1v) is 18.1. The van der Waals surface area contributed by atoms with Gasteiger partial charge in [-0.05, 0) is 50.6 Å². The van der Waals surface area contributed by atoms with Crippen molar-refractivity contribution >= 4 is 22.6 Å². The first-order chi connectivity index (χ1) is 19.3. The van der Waals surface area contributed by atoms with Crippen molar-refractivity contribution in [2.45, 2.75) is 215 Å². The van der Waals surface area contributed by atoms with Crippen molar-refractivity contribution in [1.82, 2.24) is 0 Å². The van der Waals surface area contributed by atoms with Crippen molar-refractivity contribution in [3.63, 3.8) is 0 Å². The van der Waals surface area contributed by atoms with Gasteiger partial charge in [-0.3, -0.25) is 9.59 Å². The average molecular weight is 603 g/mol. The molecular formula is C37H75ClO3. The van der Waals surface area contributed by atoms with Crippen molar-refractivity contribution < 1.29 is 14.7 Å². The second kappa shape index (κ2) is 35.8. The van der Waals surface area contributed by atoms with Crippen LogP contribution in [0, 0.1) is 11.8 Å². The fraction of sp³-hybridized carbons (Fsp3) is 0.946. The Balaban J connectivity index is -0.000000575. The normalized spacial score (nSPS) is 16.0. The Morgan fingerprint density at radius 1 is 0.634 bits per heavy atom. The van der Waals surface area contributed by atoms with Crippen LogP contribution in [0.2, 0.25) is 0 Å². The van der Waals surface area contributed by atoms with Crippen LogP contribution in [0.15, 0.2) is 0 Å². The van der Waals surface area contributed by atoms with Crippen LogP contribution in [0.3, 0.4) is 0 Å². The van der Waals surface area contributed by atoms with Crippen molar-refractivity contribution in [2.75, 3.05) is 0 Å². The molecule has 1 saturated carbocycles. The fourth-order valence-electron chi connectivity index (χ4n) is 5.24. The third-order valence-corrected chi connectivity index (χ3v) is 8.53. The maximum absolute atomic E-state index is 11.9. The molecule has 0 bridgehead atoms. The summed E-state index contributed by atoms with van der Waals surface area (Å²) >= 11 is 5.58. The molecule has 0 amide bonds. The zero-order valence-corrected chi connectivity index (χ0v) is 28.5. The SMILES string of the molecule is C.CCCCC(C)O.CCCCCCCCCCCC(=O)C(C)CCCC.O=C(Cl)C1CCCCCCCCCC1. The number of unbranched alkanes of at least 4 members (excludes halogenated alkanes) is 10. The Labute approximate surface area is 263 Å². The molecule has 1 N–H and O–H groups in total. The predicted octanol–water partition coefficient (Wildman–Crippen LogP) is 12.8. The monoisotopic (exact) mass is 603 g/mol. The summed E-state index contributed by atoms with van der Waals surface area (Å²) in [5, 5.41) is 8.58. The number of carbonyl (C=O) groups is 2. The summed E-state index contributed by atoms with van der Waals surface area (Å²) in [4.78, 5) is 23.0. The highest BCUT2D eigenvalue weighted by atomic mass is 35.5. The Morgan fingerprint density at radius 3 is 1.41 bits per heavy atom. The largest absolute Gasteiger partial charge is 0.393 e. The molecule has 0 aromatic carbocycles. The summed E-state index contributed by atoms with van der Waals surface area (Å²) in [6.45, 7) is 10.5. The standard InChI is InChI=1S/C18H36O.C12H21ClO.C6H14O.CH4/c1-4-6-8-9-10-11-12-13-14-16-18(19)17(3)15-7-5-2;13-12(14)11-9-7-5-3-1-2-4-6-8-10-11;1-3-4-5-6(2)7;/h17H,4-16H2,1-3H3;11H,1-10H2;6-7H,3-5H2,1-2H3;1H4. The number of aliphatic hydroxyl groups is 1. The maximum Gasteiger partial charge on any atom is 0.224 e. The smallest absolute Gasteiger partial charge is 0.224 e. The van der Waals surface area contributed by atoms with Crippen LogP contribution in [0.5, 0.6) is 0 Å². The minimum absolute atomic E-state index is 0. The van der Waals surface area contributed by atoms with E-state index in [9.17, 15) is 9.59 Å². The molecule has 0 aromatic heterocycles. The average Bonchev–Trinajstić information content (AvgIpc) is 3.00. The molecular weight excluding hydrogens is 528 g/mol. The topological polar surface area (TPSA) is 54.4 Å². The van der Waals surface area contributed by atoms with Gasteiger partial charge >= 0.3 is 0 Å². The molecule has 1 rings (SSSR count). The molecule has 0 heterocycles. The lowest BCUT2D eigenvalue weighted by atomic mass is 9.95. The summed E-state index contributed by atoms with van der Waals surface area (Å²) in [5.41, 5.74) is 0. The van der Waals surface area contributed by atoms with Gasteiger partial charge in [-0.15, -0.1) is 0 Å². The summed E-state index contributed by atoms with van der Waals surface area (Å²) in [5.74, 6) is 0.945. The van der Waals surface area contributed by atoms with Gasteiger partial charge in [0.25, 0.3) is 0 Å². The summed E-state index contributed by atoms with van der Waals surface area (Å²) in [6, 6.07) is 0. The Morgan fingerprint density at radius 2 is 1.02 bits per heavy atom. The molecule has 1 aliphatic rings. The zero-order chi connectivity index (χ0) is 30.3. The second-order valence-corrected chi connectivity index (χ2v) is 12.9. The Hall–Kier alpha value is -0.410. The summed E-state index contributed by atoms with van der Waals surface area (Å²) in [7, 11) is 0. The van der Waals surface area contributed by atoms with Crippen LogP contribution in [0.4, 0.5) is 0 Å². The third kappa shape index (κ3) is 35.7. The predicted molar refractivity (Wildman–Crippen MR) is 184 cm³/mol. The van der Waals surface area contributed by atoms with Crippen molar-refractivity contribution in [3.8, 4) is 0 Å². The van der Waals surface area contributed by atoms with E-state index in [1.165, 1.54) is 122 Å². The van der Waals surface area contributed by atoms with Crippen LogP contribution >= 0.6 is 11.6 Å². The summed E-state index contributed by atoms with van der Waals surface area (Å²) in [6.07, 6.45) is 31.9. The lowest BCUT2D eigenvalue weighted by Crippen LogP contribution is -2.10. The van der Waals surface area contributed by atoms with E-state index in [4.69, 9.17) is 16.7 Å². The van der Waals surface area contributed by atoms with E-state index >= 15 is 0 Å². The number of hydrogen-bond acceptors (Lipinski definition) is 3. The highest BCUT2D eigenvalue weighted by Gasteiger charge is 2.15. The molecule has 248 valence electrons. The molecule has 2 atom stereocenters. The van der Waals surface area contributed by atoms with Gasteiger partial charge in [0, 0.05) is 18.3 Å². The number of ketones is 1. The van der Waals surface area contributed by atoms with Crippen LogP contribution < -0.4 is 0 Å². The lowest BCUT2D eigenvalue weighted by Gasteiger charge is -2.10. The van der Waals surface area contributed by atoms with Gasteiger partial charge in [-0.25, -0.2) is 0 Å². The van der Waals surface area contributed by atoms with Crippen molar-refractivity contribution in [1.29, 1.82) is 0 Å². The molecule has 1 fully saturated rings. The van der Waals surface area contributed by atoms with Crippen molar-refractivity contribution in [3.05, 3.63) is 0 Å². The number of Topliss-reactive ketones (excluding diaryl/α,β-unsaturated/α-hetero) is 1. The van der Waals surface area contributed by atoms with Gasteiger partial charge in [-0.2, -0.15) is 0 Å². The number of halogens is 1. The number of aliphatic hydroxyl groups excluding tert-OH is 1. The molecule has 0 aromatic rings. The molecule has 0 radical (unpaired) electrons. The molecule has 0 saturated heterocycles.